The predicted octanol–water partition coefficient (Wildman–Crippen LogP) is 6.41. The quantitative estimate of drug-likeness (QED) is 0.247. The predicted molar refractivity (Wildman–Crippen MR) is 174 cm³/mol. The first-order valence-electron chi connectivity index (χ1n) is 14.7. The van der Waals surface area contributed by atoms with Crippen LogP contribution in [-0.2, 0) is 39.0 Å². The molecule has 1 aliphatic carbocycles. The summed E-state index contributed by atoms with van der Waals surface area (Å²) in [7, 11) is -3.85. The topological polar surface area (TPSA) is 86.8 Å². The van der Waals surface area contributed by atoms with Gasteiger partial charge < -0.3 is 10.2 Å². The highest BCUT2D eigenvalue weighted by molar-refractivity contribution is 7.92. The molecule has 3 aromatic rings. The van der Waals surface area contributed by atoms with Gasteiger partial charge in [-0.3, -0.25) is 13.9 Å². The average molecular weight is 645 g/mol. The number of halogens is 2. The monoisotopic (exact) mass is 643 g/mol. The van der Waals surface area contributed by atoms with Crippen LogP contribution >= 0.6 is 23.2 Å². The van der Waals surface area contributed by atoms with E-state index < -0.39 is 28.5 Å². The van der Waals surface area contributed by atoms with Crippen molar-refractivity contribution in [2.45, 2.75) is 70.5 Å². The van der Waals surface area contributed by atoms with Gasteiger partial charge in [-0.2, -0.15) is 0 Å². The van der Waals surface area contributed by atoms with Crippen molar-refractivity contribution >= 4 is 50.7 Å². The molecule has 0 bridgehead atoms. The average Bonchev–Trinajstić information content (AvgIpc) is 2.99. The van der Waals surface area contributed by atoms with Gasteiger partial charge in [0.1, 0.15) is 12.6 Å². The van der Waals surface area contributed by atoms with E-state index in [4.69, 9.17) is 23.2 Å². The lowest BCUT2D eigenvalue weighted by Gasteiger charge is -2.35. The Kier molecular flexibility index (Phi) is 11.5. The minimum absolute atomic E-state index is 0.00253. The van der Waals surface area contributed by atoms with Crippen LogP contribution in [0.1, 0.15) is 55.7 Å². The zero-order chi connectivity index (χ0) is 31.0. The molecular formula is C33H39Cl2N3O4S. The Morgan fingerprint density at radius 2 is 1.60 bits per heavy atom. The van der Waals surface area contributed by atoms with Crippen LogP contribution in [0.5, 0.6) is 0 Å². The lowest BCUT2D eigenvalue weighted by atomic mass is 9.94. The van der Waals surface area contributed by atoms with Crippen LogP contribution in [-0.4, -0.2) is 50.0 Å². The number of nitrogens with zero attached hydrogens (tertiary/aromatic N) is 2. The van der Waals surface area contributed by atoms with E-state index >= 15 is 0 Å². The van der Waals surface area contributed by atoms with Crippen LogP contribution < -0.4 is 9.62 Å². The highest BCUT2D eigenvalue weighted by Gasteiger charge is 2.34. The number of carbonyl (C=O) groups excluding carboxylic acids is 2. The van der Waals surface area contributed by atoms with Crippen LogP contribution in [0.4, 0.5) is 5.69 Å². The maximum atomic E-state index is 14.4. The van der Waals surface area contributed by atoms with Gasteiger partial charge in [0.15, 0.2) is 0 Å². The summed E-state index contributed by atoms with van der Waals surface area (Å²) in [6, 6.07) is 20.8. The zero-order valence-corrected chi connectivity index (χ0v) is 27.0. The van der Waals surface area contributed by atoms with Crippen molar-refractivity contribution in [2.24, 2.45) is 0 Å². The lowest BCUT2D eigenvalue weighted by Crippen LogP contribution is -2.55. The molecule has 0 saturated heterocycles. The van der Waals surface area contributed by atoms with Crippen LogP contribution in [0.25, 0.3) is 0 Å². The first-order chi connectivity index (χ1) is 20.6. The van der Waals surface area contributed by atoms with Crippen LogP contribution in [0.2, 0.25) is 10.0 Å². The largest absolute Gasteiger partial charge is 0.352 e. The van der Waals surface area contributed by atoms with Gasteiger partial charge in [-0.25, -0.2) is 8.42 Å². The van der Waals surface area contributed by atoms with Gasteiger partial charge in [0.05, 0.1) is 11.9 Å². The molecule has 43 heavy (non-hydrogen) atoms. The van der Waals surface area contributed by atoms with Gasteiger partial charge in [-0.1, -0.05) is 104 Å². The Morgan fingerprint density at radius 1 is 0.930 bits per heavy atom. The third-order valence-corrected chi connectivity index (χ3v) is 9.61. The molecular weight excluding hydrogens is 605 g/mol. The van der Waals surface area contributed by atoms with E-state index in [2.05, 4.69) is 5.32 Å². The van der Waals surface area contributed by atoms with Crippen LogP contribution in [0, 0.1) is 0 Å². The van der Waals surface area contributed by atoms with Crippen molar-refractivity contribution in [3.05, 3.63) is 99.5 Å². The van der Waals surface area contributed by atoms with E-state index in [0.717, 1.165) is 53.8 Å². The van der Waals surface area contributed by atoms with E-state index in [0.29, 0.717) is 27.7 Å². The summed E-state index contributed by atoms with van der Waals surface area (Å²) >= 11 is 12.7. The standard InChI is InChI=1S/C33H39Cl2N3O4S/c1-3-25-14-10-11-17-30(25)38(43(2,41)42)23-32(39)37(22-26-18-19-27(34)21-29(26)35)31(20-24-12-6-4-7-13-24)33(40)36-28-15-8-5-9-16-28/h4,6-7,10-14,17-19,21,28,31H,3,5,8-9,15-16,20,22-23H2,1-2H3,(H,36,40). The fraction of sp³-hybridized carbons (Fsp3) is 0.394. The molecule has 0 heterocycles. The Hall–Kier alpha value is -3.07. The van der Waals surface area contributed by atoms with Crippen LogP contribution in [0.15, 0.2) is 72.8 Å². The number of sulfonamides is 1. The molecule has 230 valence electrons. The van der Waals surface area contributed by atoms with E-state index in [1.54, 1.807) is 30.3 Å². The third kappa shape index (κ3) is 8.97. The molecule has 1 saturated carbocycles. The summed E-state index contributed by atoms with van der Waals surface area (Å²) in [4.78, 5) is 29.9. The van der Waals surface area contributed by atoms with Crippen LogP contribution in [0.3, 0.4) is 0 Å². The van der Waals surface area contributed by atoms with Crippen molar-refractivity contribution in [1.29, 1.82) is 0 Å². The second-order valence-electron chi connectivity index (χ2n) is 11.1. The Morgan fingerprint density at radius 3 is 2.26 bits per heavy atom. The molecule has 4 rings (SSSR count). The zero-order valence-electron chi connectivity index (χ0n) is 24.6. The summed E-state index contributed by atoms with van der Waals surface area (Å²) < 4.78 is 27.3. The summed E-state index contributed by atoms with van der Waals surface area (Å²) in [6.07, 6.45) is 6.91. The van der Waals surface area contributed by atoms with Crippen molar-refractivity contribution in [3.63, 3.8) is 0 Å². The normalized spacial score (nSPS) is 14.6. The maximum Gasteiger partial charge on any atom is 0.244 e. The number of anilines is 1. The molecule has 1 unspecified atom stereocenters. The van der Waals surface area contributed by atoms with Gasteiger partial charge in [0.2, 0.25) is 21.8 Å². The molecule has 3 aromatic carbocycles. The first-order valence-corrected chi connectivity index (χ1v) is 17.3. The number of aryl methyl sites for hydroxylation is 1. The Bertz CT molecular complexity index is 1510. The number of benzene rings is 3. The molecule has 7 nitrogen and oxygen atoms in total. The van der Waals surface area contributed by atoms with E-state index in [9.17, 15) is 18.0 Å². The number of hydrogen-bond donors (Lipinski definition) is 1. The minimum Gasteiger partial charge on any atom is -0.352 e. The molecule has 10 heteroatoms. The molecule has 0 aromatic heterocycles. The van der Waals surface area contributed by atoms with Gasteiger partial charge in [-0.05, 0) is 54.2 Å². The second kappa shape index (κ2) is 15.1. The molecule has 1 aliphatic rings. The molecule has 0 spiro atoms. The van der Waals surface area contributed by atoms with E-state index in [1.165, 1.54) is 4.90 Å². The summed E-state index contributed by atoms with van der Waals surface area (Å²) in [6.45, 7) is 1.46. The fourth-order valence-corrected chi connectivity index (χ4v) is 6.93. The molecule has 1 atom stereocenters. The minimum atomic E-state index is -3.85. The SMILES string of the molecule is CCc1ccccc1N(CC(=O)N(Cc1ccc(Cl)cc1Cl)C(Cc1ccccc1)C(=O)NC1CCCCC1)S(C)(=O)=O. The summed E-state index contributed by atoms with van der Waals surface area (Å²) in [5.41, 5.74) is 2.71. The van der Waals surface area contributed by atoms with E-state index in [1.807, 2.05) is 49.4 Å². The molecule has 0 radical (unpaired) electrons. The highest BCUT2D eigenvalue weighted by Crippen LogP contribution is 2.27. The first kappa shape index (κ1) is 32.8. The molecule has 0 aliphatic heterocycles. The number of hydrogen-bond acceptors (Lipinski definition) is 4. The van der Waals surface area contributed by atoms with Gasteiger partial charge in [0.25, 0.3) is 0 Å². The lowest BCUT2D eigenvalue weighted by molar-refractivity contribution is -0.140. The third-order valence-electron chi connectivity index (χ3n) is 7.90. The Labute approximate surface area is 265 Å². The van der Waals surface area contributed by atoms with Crippen molar-refractivity contribution in [1.82, 2.24) is 10.2 Å². The summed E-state index contributed by atoms with van der Waals surface area (Å²) in [5, 5.41) is 4.00. The van der Waals surface area contributed by atoms with E-state index in [-0.39, 0.29) is 24.9 Å². The number of amides is 2. The summed E-state index contributed by atoms with van der Waals surface area (Å²) in [5.74, 6) is -0.781. The van der Waals surface area contributed by atoms with Crippen molar-refractivity contribution in [3.8, 4) is 0 Å². The highest BCUT2D eigenvalue weighted by atomic mass is 35.5. The van der Waals surface area contributed by atoms with Crippen molar-refractivity contribution in [2.75, 3.05) is 17.1 Å². The van der Waals surface area contributed by atoms with Gasteiger partial charge in [-0.15, -0.1) is 0 Å². The molecule has 1 fully saturated rings. The molecule has 1 N–H and O–H groups in total. The number of nitrogens with one attached hydrogen (secondary N) is 1. The number of carbonyl (C=O) groups is 2. The van der Waals surface area contributed by atoms with Crippen molar-refractivity contribution < 1.29 is 18.0 Å². The Balaban J connectivity index is 1.76. The smallest absolute Gasteiger partial charge is 0.244 e. The van der Waals surface area contributed by atoms with Gasteiger partial charge >= 0.3 is 0 Å². The molecule has 2 amide bonds. The van der Waals surface area contributed by atoms with Gasteiger partial charge in [0, 0.05) is 29.1 Å². The second-order valence-corrected chi connectivity index (χ2v) is 13.8. The number of rotatable bonds is 12. The fourth-order valence-electron chi connectivity index (χ4n) is 5.58. The number of para-hydroxylation sites is 1. The maximum absolute atomic E-state index is 14.4.